The second kappa shape index (κ2) is 5.00. The molecule has 0 radical (unpaired) electrons. The predicted octanol–water partition coefficient (Wildman–Crippen LogP) is 5.78. The standard InChI is InChI=1S/C22H16O2/c1-14-23-19-12-10-15-6-2-4-8-17(15)21(19)22-18-9-5-3-7-16(18)11-13-20(22)24-14/h2-14H,1H3. The van der Waals surface area contributed by atoms with Gasteiger partial charge in [-0.1, -0.05) is 60.7 Å². The minimum absolute atomic E-state index is 0.327. The Balaban J connectivity index is 2.00. The molecule has 0 saturated heterocycles. The summed E-state index contributed by atoms with van der Waals surface area (Å²) in [5, 5.41) is 4.78. The molecule has 4 aromatic rings. The van der Waals surface area contributed by atoms with Gasteiger partial charge in [0.25, 0.3) is 0 Å². The summed E-state index contributed by atoms with van der Waals surface area (Å²) < 4.78 is 12.1. The van der Waals surface area contributed by atoms with Crippen LogP contribution in [-0.2, 0) is 0 Å². The number of hydrogen-bond donors (Lipinski definition) is 0. The Kier molecular flexibility index (Phi) is 2.80. The highest BCUT2D eigenvalue weighted by molar-refractivity contribution is 6.09. The average molecular weight is 312 g/mol. The normalized spacial score (nSPS) is 13.7. The Morgan fingerprint density at radius 3 is 1.54 bits per heavy atom. The molecule has 0 spiro atoms. The number of ether oxygens (including phenoxy) is 2. The topological polar surface area (TPSA) is 18.5 Å². The predicted molar refractivity (Wildman–Crippen MR) is 97.6 cm³/mol. The maximum Gasteiger partial charge on any atom is 0.238 e. The zero-order valence-corrected chi connectivity index (χ0v) is 13.3. The van der Waals surface area contributed by atoms with Crippen LogP contribution < -0.4 is 9.47 Å². The highest BCUT2D eigenvalue weighted by Gasteiger charge is 2.24. The summed E-state index contributed by atoms with van der Waals surface area (Å²) in [5.41, 5.74) is 2.23. The van der Waals surface area contributed by atoms with Crippen LogP contribution in [0.15, 0.2) is 72.8 Å². The van der Waals surface area contributed by atoms with Gasteiger partial charge < -0.3 is 9.47 Å². The fourth-order valence-corrected chi connectivity index (χ4v) is 3.60. The highest BCUT2D eigenvalue weighted by Crippen LogP contribution is 2.47. The van der Waals surface area contributed by atoms with E-state index in [1.165, 1.54) is 21.5 Å². The van der Waals surface area contributed by atoms with Crippen molar-refractivity contribution in [2.24, 2.45) is 0 Å². The molecule has 0 fully saturated rings. The van der Waals surface area contributed by atoms with Gasteiger partial charge in [0.2, 0.25) is 6.29 Å². The van der Waals surface area contributed by atoms with Gasteiger partial charge in [-0.2, -0.15) is 0 Å². The summed E-state index contributed by atoms with van der Waals surface area (Å²) in [4.78, 5) is 0. The molecular formula is C22H16O2. The molecule has 0 aliphatic carbocycles. The zero-order chi connectivity index (χ0) is 16.1. The van der Waals surface area contributed by atoms with Crippen molar-refractivity contribution in [2.75, 3.05) is 0 Å². The van der Waals surface area contributed by atoms with Gasteiger partial charge in [-0.15, -0.1) is 0 Å². The molecule has 0 atom stereocenters. The van der Waals surface area contributed by atoms with E-state index < -0.39 is 0 Å². The fraction of sp³-hybridized carbons (Fsp3) is 0.0909. The summed E-state index contributed by atoms with van der Waals surface area (Å²) >= 11 is 0. The van der Waals surface area contributed by atoms with Crippen LogP contribution >= 0.6 is 0 Å². The van der Waals surface area contributed by atoms with Gasteiger partial charge in [-0.3, -0.25) is 0 Å². The number of rotatable bonds is 0. The van der Waals surface area contributed by atoms with Crippen molar-refractivity contribution in [3.05, 3.63) is 72.8 Å². The molecule has 0 unspecified atom stereocenters. The van der Waals surface area contributed by atoms with Crippen molar-refractivity contribution in [1.29, 1.82) is 0 Å². The van der Waals surface area contributed by atoms with Gasteiger partial charge in [0.05, 0.1) is 0 Å². The fourth-order valence-electron chi connectivity index (χ4n) is 3.60. The first-order valence-corrected chi connectivity index (χ1v) is 8.18. The van der Waals surface area contributed by atoms with Crippen LogP contribution in [-0.4, -0.2) is 6.29 Å². The van der Waals surface area contributed by atoms with Crippen LogP contribution in [0.3, 0.4) is 0 Å². The molecule has 0 saturated carbocycles. The third kappa shape index (κ3) is 1.89. The first-order chi connectivity index (χ1) is 11.8. The lowest BCUT2D eigenvalue weighted by atomic mass is 9.92. The van der Waals surface area contributed by atoms with Crippen molar-refractivity contribution < 1.29 is 9.47 Å². The Labute approximate surface area is 140 Å². The average Bonchev–Trinajstić information content (AvgIpc) is 2.77. The lowest BCUT2D eigenvalue weighted by molar-refractivity contribution is 0.0264. The lowest BCUT2D eigenvalue weighted by Gasteiger charge is -2.13. The van der Waals surface area contributed by atoms with E-state index in [9.17, 15) is 0 Å². The maximum atomic E-state index is 6.07. The summed E-state index contributed by atoms with van der Waals surface area (Å²) in [6.07, 6.45) is -0.327. The van der Waals surface area contributed by atoms with Crippen LogP contribution in [0.2, 0.25) is 0 Å². The molecule has 2 heteroatoms. The summed E-state index contributed by atoms with van der Waals surface area (Å²) in [6, 6.07) is 25.2. The third-order valence-corrected chi connectivity index (χ3v) is 4.62. The quantitative estimate of drug-likeness (QED) is 0.410. The van der Waals surface area contributed by atoms with Gasteiger partial charge in [0.15, 0.2) is 0 Å². The molecule has 5 rings (SSSR count). The van der Waals surface area contributed by atoms with Gasteiger partial charge in [0, 0.05) is 18.1 Å². The summed E-state index contributed by atoms with van der Waals surface area (Å²) in [5.74, 6) is 1.74. The zero-order valence-electron chi connectivity index (χ0n) is 13.3. The van der Waals surface area contributed by atoms with E-state index in [0.717, 1.165) is 22.6 Å². The van der Waals surface area contributed by atoms with Crippen molar-refractivity contribution in [3.63, 3.8) is 0 Å². The van der Waals surface area contributed by atoms with Crippen LogP contribution in [0.1, 0.15) is 6.92 Å². The van der Waals surface area contributed by atoms with E-state index in [0.29, 0.717) is 0 Å². The molecular weight excluding hydrogens is 296 g/mol. The molecule has 0 bridgehead atoms. The molecule has 1 aliphatic rings. The van der Waals surface area contributed by atoms with Crippen LogP contribution in [0.5, 0.6) is 11.5 Å². The van der Waals surface area contributed by atoms with Crippen molar-refractivity contribution in [3.8, 4) is 22.6 Å². The number of fused-ring (bicyclic) bond motifs is 7. The number of hydrogen-bond acceptors (Lipinski definition) is 2. The first-order valence-electron chi connectivity index (χ1n) is 8.18. The van der Waals surface area contributed by atoms with Crippen LogP contribution in [0.25, 0.3) is 32.7 Å². The van der Waals surface area contributed by atoms with Gasteiger partial charge >= 0.3 is 0 Å². The maximum absolute atomic E-state index is 6.07. The molecule has 0 amide bonds. The monoisotopic (exact) mass is 312 g/mol. The Morgan fingerprint density at radius 2 is 1.04 bits per heavy atom. The smallest absolute Gasteiger partial charge is 0.238 e. The van der Waals surface area contributed by atoms with E-state index in [1.54, 1.807) is 0 Å². The minimum Gasteiger partial charge on any atom is -0.455 e. The van der Waals surface area contributed by atoms with E-state index in [4.69, 9.17) is 9.47 Å². The number of benzene rings is 4. The second-order valence-electron chi connectivity index (χ2n) is 6.12. The minimum atomic E-state index is -0.327. The Morgan fingerprint density at radius 1 is 0.583 bits per heavy atom. The highest BCUT2D eigenvalue weighted by atomic mass is 16.7. The summed E-state index contributed by atoms with van der Waals surface area (Å²) in [7, 11) is 0. The van der Waals surface area contributed by atoms with Gasteiger partial charge in [-0.05, 0) is 33.7 Å². The van der Waals surface area contributed by atoms with E-state index in [1.807, 2.05) is 6.92 Å². The molecule has 4 aromatic carbocycles. The lowest BCUT2D eigenvalue weighted by Crippen LogP contribution is -2.18. The van der Waals surface area contributed by atoms with Gasteiger partial charge in [-0.25, -0.2) is 0 Å². The van der Waals surface area contributed by atoms with Crippen molar-refractivity contribution in [2.45, 2.75) is 13.2 Å². The van der Waals surface area contributed by atoms with Crippen molar-refractivity contribution in [1.82, 2.24) is 0 Å². The molecule has 0 aromatic heterocycles. The van der Waals surface area contributed by atoms with E-state index in [-0.39, 0.29) is 6.29 Å². The molecule has 1 aliphatic heterocycles. The molecule has 2 nitrogen and oxygen atoms in total. The SMILES string of the molecule is CC1Oc2ccc3ccccc3c2-c2c(ccc3ccccc23)O1. The molecule has 116 valence electrons. The largest absolute Gasteiger partial charge is 0.455 e. The first kappa shape index (κ1) is 13.4. The molecule has 1 heterocycles. The van der Waals surface area contributed by atoms with Gasteiger partial charge in [0.1, 0.15) is 11.5 Å². The van der Waals surface area contributed by atoms with Crippen LogP contribution in [0.4, 0.5) is 0 Å². The van der Waals surface area contributed by atoms with E-state index >= 15 is 0 Å². The van der Waals surface area contributed by atoms with E-state index in [2.05, 4.69) is 72.8 Å². The van der Waals surface area contributed by atoms with Crippen LogP contribution in [0, 0.1) is 0 Å². The third-order valence-electron chi connectivity index (χ3n) is 4.62. The Hall–Kier alpha value is -3.00. The molecule has 24 heavy (non-hydrogen) atoms. The second-order valence-corrected chi connectivity index (χ2v) is 6.12. The summed E-state index contributed by atoms with van der Waals surface area (Å²) in [6.45, 7) is 1.93. The van der Waals surface area contributed by atoms with Crippen molar-refractivity contribution >= 4 is 21.5 Å². The Bertz CT molecular complexity index is 994. The molecule has 0 N–H and O–H groups in total.